The number of rotatable bonds is 2. The van der Waals surface area contributed by atoms with Crippen molar-refractivity contribution in [1.82, 2.24) is 0 Å². The van der Waals surface area contributed by atoms with E-state index in [0.717, 1.165) is 6.42 Å². The van der Waals surface area contributed by atoms with Gasteiger partial charge in [-0.1, -0.05) is 6.42 Å². The van der Waals surface area contributed by atoms with E-state index in [9.17, 15) is 0 Å². The summed E-state index contributed by atoms with van der Waals surface area (Å²) in [7, 11) is 0. The Kier molecular flexibility index (Phi) is 18.1. The maximum absolute atomic E-state index is 8.00. The van der Waals surface area contributed by atoms with Crippen molar-refractivity contribution in [1.29, 1.82) is 0 Å². The Hall–Kier alpha value is 1.95. The molecule has 0 aliphatic carbocycles. The molecule has 1 nitrogen and oxygen atoms in total. The largest absolute Gasteiger partial charge is 1.00 e. The van der Waals surface area contributed by atoms with E-state index in [4.69, 9.17) is 5.11 Å². The first-order chi connectivity index (χ1) is 2.41. The van der Waals surface area contributed by atoms with E-state index in [2.05, 4.69) is 12.6 Å². The molecule has 32 valence electrons. The van der Waals surface area contributed by atoms with Crippen molar-refractivity contribution >= 4 is 12.6 Å². The third-order valence-corrected chi connectivity index (χ3v) is 0.591. The second-order valence-corrected chi connectivity index (χ2v) is 1.19. The summed E-state index contributed by atoms with van der Waals surface area (Å²) < 4.78 is 0. The molecule has 3 heteroatoms. The topological polar surface area (TPSA) is 20.2 Å². The summed E-state index contributed by atoms with van der Waals surface area (Å²) in [6.45, 7) is 0.240. The van der Waals surface area contributed by atoms with Crippen LogP contribution in [0.2, 0.25) is 0 Å². The molecule has 0 aromatic carbocycles. The fourth-order valence-corrected chi connectivity index (χ4v) is 0.194. The number of hydrogen-bond donors (Lipinski definition) is 1. The van der Waals surface area contributed by atoms with Gasteiger partial charge in [-0.2, -0.15) is 5.75 Å². The minimum Gasteiger partial charge on any atom is -0.793 e. The molecule has 0 radical (unpaired) electrons. The molecule has 0 atom stereocenters. The molecule has 0 aliphatic heterocycles. The number of aliphatic hydroxyl groups is 1. The normalized spacial score (nSPS) is 7.00. The van der Waals surface area contributed by atoms with Crippen LogP contribution in [0.15, 0.2) is 0 Å². The maximum atomic E-state index is 8.00. The maximum Gasteiger partial charge on any atom is 1.00 e. The van der Waals surface area contributed by atoms with Crippen LogP contribution >= 0.6 is 0 Å². The molecule has 0 spiro atoms. The average Bonchev–Trinajstić information content (AvgIpc) is 1.41. The van der Waals surface area contributed by atoms with Crippen molar-refractivity contribution in [2.75, 3.05) is 12.4 Å². The fraction of sp³-hybridized carbons (Fsp3) is 1.00. The molecule has 0 fully saturated rings. The Labute approximate surface area is 86.3 Å². The second kappa shape index (κ2) is 10.0. The first-order valence-electron chi connectivity index (χ1n) is 1.60. The molecular weight excluding hydrogens is 123 g/mol. The smallest absolute Gasteiger partial charge is 0.793 e. The zero-order valence-electron chi connectivity index (χ0n) is 3.98. The molecular formula is C3H7KOS. The van der Waals surface area contributed by atoms with Crippen LogP contribution in [0.25, 0.3) is 0 Å². The van der Waals surface area contributed by atoms with Crippen molar-refractivity contribution < 1.29 is 56.5 Å². The van der Waals surface area contributed by atoms with Gasteiger partial charge in [0.05, 0.1) is 0 Å². The minimum absolute atomic E-state index is 0. The average molecular weight is 130 g/mol. The summed E-state index contributed by atoms with van der Waals surface area (Å²) in [4.78, 5) is 0. The molecule has 0 aromatic rings. The predicted octanol–water partition coefficient (Wildman–Crippen LogP) is -3.08. The van der Waals surface area contributed by atoms with E-state index in [1.54, 1.807) is 0 Å². The van der Waals surface area contributed by atoms with Gasteiger partial charge >= 0.3 is 51.4 Å². The van der Waals surface area contributed by atoms with Crippen molar-refractivity contribution in [3.8, 4) is 0 Å². The van der Waals surface area contributed by atoms with Crippen LogP contribution in [0, 0.1) is 0 Å². The van der Waals surface area contributed by atoms with E-state index in [0.29, 0.717) is 5.75 Å². The Morgan fingerprint density at radius 1 is 1.50 bits per heavy atom. The molecule has 0 rings (SSSR count). The van der Waals surface area contributed by atoms with Crippen LogP contribution in [-0.2, 0) is 12.6 Å². The standard InChI is InChI=1S/C3H8OS.K/c4-2-1-3-5;/h4-5H,1-3H2;/q;+1/p-1. The third kappa shape index (κ3) is 9.34. The van der Waals surface area contributed by atoms with Crippen LogP contribution in [0.3, 0.4) is 0 Å². The summed E-state index contributed by atoms with van der Waals surface area (Å²) in [6, 6.07) is 0. The van der Waals surface area contributed by atoms with E-state index in [1.165, 1.54) is 0 Å². The SMILES string of the molecule is OCCC[S-].[K+]. The molecule has 0 heterocycles. The van der Waals surface area contributed by atoms with Gasteiger partial charge in [0.1, 0.15) is 0 Å². The Balaban J connectivity index is 0. The summed E-state index contributed by atoms with van der Waals surface area (Å²) in [5.74, 6) is 0.677. The van der Waals surface area contributed by atoms with Crippen molar-refractivity contribution in [3.63, 3.8) is 0 Å². The van der Waals surface area contributed by atoms with Gasteiger partial charge in [0.25, 0.3) is 0 Å². The fourth-order valence-electron chi connectivity index (χ4n) is 0.0645. The van der Waals surface area contributed by atoms with Gasteiger partial charge in [-0.15, -0.1) is 0 Å². The molecule has 0 saturated heterocycles. The molecule has 6 heavy (non-hydrogen) atoms. The molecule has 0 unspecified atom stereocenters. The Bertz CT molecular complexity index is 18.3. The van der Waals surface area contributed by atoms with Gasteiger partial charge in [0.15, 0.2) is 0 Å². The summed E-state index contributed by atoms with van der Waals surface area (Å²) in [5, 5.41) is 8.00. The van der Waals surface area contributed by atoms with E-state index >= 15 is 0 Å². The van der Waals surface area contributed by atoms with Crippen molar-refractivity contribution in [3.05, 3.63) is 0 Å². The molecule has 0 saturated carbocycles. The quantitative estimate of drug-likeness (QED) is 0.316. The second-order valence-electron chi connectivity index (χ2n) is 0.781. The van der Waals surface area contributed by atoms with Crippen molar-refractivity contribution in [2.45, 2.75) is 6.42 Å². The Morgan fingerprint density at radius 3 is 2.00 bits per heavy atom. The van der Waals surface area contributed by atoms with Crippen molar-refractivity contribution in [2.24, 2.45) is 0 Å². The Morgan fingerprint density at radius 2 is 2.00 bits per heavy atom. The number of aliphatic hydroxyl groups excluding tert-OH is 1. The first kappa shape index (κ1) is 10.8. The minimum atomic E-state index is 0. The first-order valence-corrected chi connectivity index (χ1v) is 2.18. The zero-order valence-corrected chi connectivity index (χ0v) is 7.92. The predicted molar refractivity (Wildman–Crippen MR) is 23.9 cm³/mol. The molecule has 0 aliphatic rings. The van der Waals surface area contributed by atoms with Gasteiger partial charge in [-0.3, -0.25) is 0 Å². The van der Waals surface area contributed by atoms with E-state index in [1.807, 2.05) is 0 Å². The summed E-state index contributed by atoms with van der Waals surface area (Å²) >= 11 is 4.49. The van der Waals surface area contributed by atoms with Crippen LogP contribution in [-0.4, -0.2) is 17.5 Å². The summed E-state index contributed by atoms with van der Waals surface area (Å²) in [6.07, 6.45) is 0.759. The zero-order chi connectivity index (χ0) is 4.12. The van der Waals surface area contributed by atoms with Gasteiger partial charge < -0.3 is 17.7 Å². The monoisotopic (exact) mass is 130 g/mol. The summed E-state index contributed by atoms with van der Waals surface area (Å²) in [5.41, 5.74) is 0. The third-order valence-electron chi connectivity index (χ3n) is 0.302. The van der Waals surface area contributed by atoms with Crippen LogP contribution in [0.4, 0.5) is 0 Å². The van der Waals surface area contributed by atoms with E-state index < -0.39 is 0 Å². The molecule has 0 aromatic heterocycles. The number of hydrogen-bond acceptors (Lipinski definition) is 2. The molecule has 0 bridgehead atoms. The van der Waals surface area contributed by atoms with Crippen LogP contribution < -0.4 is 51.4 Å². The van der Waals surface area contributed by atoms with Crippen LogP contribution in [0.1, 0.15) is 6.42 Å². The van der Waals surface area contributed by atoms with Crippen LogP contribution in [0.5, 0.6) is 0 Å². The van der Waals surface area contributed by atoms with Gasteiger partial charge in [0, 0.05) is 6.61 Å². The van der Waals surface area contributed by atoms with Gasteiger partial charge in [0.2, 0.25) is 0 Å². The van der Waals surface area contributed by atoms with E-state index in [-0.39, 0.29) is 58.0 Å². The molecule has 0 amide bonds. The van der Waals surface area contributed by atoms with Gasteiger partial charge in [-0.25, -0.2) is 0 Å². The van der Waals surface area contributed by atoms with Gasteiger partial charge in [-0.05, 0) is 0 Å². The molecule has 1 N–H and O–H groups in total.